The number of nitrogens with one attached hydrogen (secondary N) is 2. The van der Waals surface area contributed by atoms with E-state index in [0.29, 0.717) is 11.3 Å². The van der Waals surface area contributed by atoms with Gasteiger partial charge in [-0.05, 0) is 43.2 Å². The first-order valence-electron chi connectivity index (χ1n) is 10.1. The van der Waals surface area contributed by atoms with Crippen molar-refractivity contribution in [2.45, 2.75) is 19.9 Å². The Balaban J connectivity index is 1.63. The first-order valence-corrected chi connectivity index (χ1v) is 10.1. The number of aryl methyl sites for hydroxylation is 1. The highest BCUT2D eigenvalue weighted by Crippen LogP contribution is 2.22. The number of aromatic hydroxyl groups is 1. The van der Waals surface area contributed by atoms with E-state index in [0.717, 1.165) is 5.56 Å². The molecule has 3 aromatic rings. The summed E-state index contributed by atoms with van der Waals surface area (Å²) in [5, 5.41) is 15.5. The summed E-state index contributed by atoms with van der Waals surface area (Å²) in [5.74, 6) is -1.96. The maximum absolute atomic E-state index is 12.8. The first kappa shape index (κ1) is 22.6. The van der Waals surface area contributed by atoms with Crippen LogP contribution in [0.15, 0.2) is 72.8 Å². The van der Waals surface area contributed by atoms with Crippen LogP contribution in [0.4, 0.5) is 5.69 Å². The van der Waals surface area contributed by atoms with Crippen LogP contribution in [-0.4, -0.2) is 29.5 Å². The van der Waals surface area contributed by atoms with E-state index in [1.807, 2.05) is 37.3 Å². The number of phenolic OH excluding ortho intramolecular Hbond substituents is 1. The molecule has 2 amide bonds. The van der Waals surface area contributed by atoms with Gasteiger partial charge >= 0.3 is 5.97 Å². The molecular formula is C25H24N2O5. The Labute approximate surface area is 186 Å². The number of anilines is 1. The Kier molecular flexibility index (Phi) is 7.23. The van der Waals surface area contributed by atoms with E-state index < -0.39 is 18.5 Å². The summed E-state index contributed by atoms with van der Waals surface area (Å²) in [7, 11) is 0. The van der Waals surface area contributed by atoms with Crippen molar-refractivity contribution in [1.29, 1.82) is 0 Å². The third kappa shape index (κ3) is 5.51. The zero-order chi connectivity index (χ0) is 23.1. The van der Waals surface area contributed by atoms with Crippen LogP contribution in [0.2, 0.25) is 0 Å². The normalized spacial score (nSPS) is 11.3. The Bertz CT molecular complexity index is 1130. The zero-order valence-corrected chi connectivity index (χ0v) is 17.8. The third-order valence-electron chi connectivity index (χ3n) is 4.88. The SMILES string of the molecule is Cc1cccc(C(=O)OCC(=O)Nc2ccccc2C(=O)N[C@H](C)c2ccccc2)c1O. The average molecular weight is 432 g/mol. The molecule has 164 valence electrons. The standard InChI is InChI=1S/C25H24N2O5/c1-16-9-8-13-20(23(16)29)25(31)32-15-22(28)27-21-14-7-6-12-19(21)24(30)26-17(2)18-10-4-3-5-11-18/h3-14,17,29H,15H2,1-2H3,(H,26,30)(H,27,28)/t17-/m1/s1. The summed E-state index contributed by atoms with van der Waals surface area (Å²) >= 11 is 0. The molecule has 0 heterocycles. The minimum absolute atomic E-state index is 0.0209. The summed E-state index contributed by atoms with van der Waals surface area (Å²) in [6.45, 7) is 2.95. The van der Waals surface area contributed by atoms with Crippen molar-refractivity contribution in [2.75, 3.05) is 11.9 Å². The summed E-state index contributed by atoms with van der Waals surface area (Å²) in [5.41, 5.74) is 2.03. The second-order valence-electron chi connectivity index (χ2n) is 7.25. The van der Waals surface area contributed by atoms with E-state index in [4.69, 9.17) is 4.74 Å². The fourth-order valence-electron chi connectivity index (χ4n) is 3.11. The van der Waals surface area contributed by atoms with Crippen molar-refractivity contribution in [3.05, 3.63) is 95.1 Å². The molecule has 32 heavy (non-hydrogen) atoms. The lowest BCUT2D eigenvalue weighted by atomic mass is 10.1. The van der Waals surface area contributed by atoms with Crippen molar-refractivity contribution in [3.8, 4) is 5.75 Å². The molecule has 0 bridgehead atoms. The molecule has 3 N–H and O–H groups in total. The lowest BCUT2D eigenvalue weighted by molar-refractivity contribution is -0.119. The number of ether oxygens (including phenoxy) is 1. The highest BCUT2D eigenvalue weighted by atomic mass is 16.5. The predicted molar refractivity (Wildman–Crippen MR) is 121 cm³/mol. The number of para-hydroxylation sites is 2. The highest BCUT2D eigenvalue weighted by molar-refractivity contribution is 6.04. The molecule has 0 aromatic heterocycles. The molecule has 0 aliphatic rings. The van der Waals surface area contributed by atoms with Gasteiger partial charge in [-0.25, -0.2) is 4.79 Å². The molecule has 0 radical (unpaired) electrons. The summed E-state index contributed by atoms with van der Waals surface area (Å²) in [6, 6.07) is 20.5. The van der Waals surface area contributed by atoms with Gasteiger partial charge in [-0.2, -0.15) is 0 Å². The Morgan fingerprint density at radius 1 is 0.906 bits per heavy atom. The molecule has 0 aliphatic carbocycles. The third-order valence-corrected chi connectivity index (χ3v) is 4.88. The van der Waals surface area contributed by atoms with E-state index in [-0.39, 0.29) is 28.8 Å². The number of carbonyl (C=O) groups excluding carboxylic acids is 3. The van der Waals surface area contributed by atoms with Crippen LogP contribution >= 0.6 is 0 Å². The Morgan fingerprint density at radius 2 is 1.56 bits per heavy atom. The second kappa shape index (κ2) is 10.3. The Hall–Kier alpha value is -4.13. The molecule has 1 atom stereocenters. The van der Waals surface area contributed by atoms with Gasteiger partial charge in [0, 0.05) is 0 Å². The van der Waals surface area contributed by atoms with Crippen LogP contribution in [0.3, 0.4) is 0 Å². The van der Waals surface area contributed by atoms with Gasteiger partial charge in [0.05, 0.1) is 17.3 Å². The van der Waals surface area contributed by atoms with E-state index in [2.05, 4.69) is 10.6 Å². The van der Waals surface area contributed by atoms with Crippen LogP contribution in [0.5, 0.6) is 5.75 Å². The smallest absolute Gasteiger partial charge is 0.342 e. The number of hydrogen-bond acceptors (Lipinski definition) is 5. The van der Waals surface area contributed by atoms with E-state index in [1.165, 1.54) is 6.07 Å². The van der Waals surface area contributed by atoms with Crippen molar-refractivity contribution < 1.29 is 24.2 Å². The van der Waals surface area contributed by atoms with Gasteiger partial charge in [-0.3, -0.25) is 9.59 Å². The topological polar surface area (TPSA) is 105 Å². The molecule has 7 nitrogen and oxygen atoms in total. The second-order valence-corrected chi connectivity index (χ2v) is 7.25. The lowest BCUT2D eigenvalue weighted by Gasteiger charge is -2.16. The van der Waals surface area contributed by atoms with Crippen molar-refractivity contribution in [2.24, 2.45) is 0 Å². The molecule has 0 spiro atoms. The summed E-state index contributed by atoms with van der Waals surface area (Å²) in [6.07, 6.45) is 0. The van der Waals surface area contributed by atoms with E-state index in [1.54, 1.807) is 43.3 Å². The van der Waals surface area contributed by atoms with Gasteiger partial charge < -0.3 is 20.5 Å². The van der Waals surface area contributed by atoms with E-state index in [9.17, 15) is 19.5 Å². The predicted octanol–water partition coefficient (Wildman–Crippen LogP) is 3.99. The molecular weight excluding hydrogens is 408 g/mol. The van der Waals surface area contributed by atoms with Crippen molar-refractivity contribution >= 4 is 23.5 Å². The van der Waals surface area contributed by atoms with Crippen LogP contribution < -0.4 is 10.6 Å². The molecule has 0 unspecified atom stereocenters. The molecule has 0 aliphatic heterocycles. The fraction of sp³-hybridized carbons (Fsp3) is 0.160. The lowest BCUT2D eigenvalue weighted by Crippen LogP contribution is -2.28. The van der Waals surface area contributed by atoms with Gasteiger partial charge in [-0.1, -0.05) is 54.6 Å². The van der Waals surface area contributed by atoms with Crippen molar-refractivity contribution in [1.82, 2.24) is 5.32 Å². The zero-order valence-electron chi connectivity index (χ0n) is 17.8. The number of rotatable bonds is 7. The minimum atomic E-state index is -0.816. The number of hydrogen-bond donors (Lipinski definition) is 3. The fourth-order valence-corrected chi connectivity index (χ4v) is 3.11. The van der Waals surface area contributed by atoms with Crippen LogP contribution in [0.1, 0.15) is 44.8 Å². The van der Waals surface area contributed by atoms with Gasteiger partial charge in [0.1, 0.15) is 11.3 Å². The number of amides is 2. The number of phenols is 1. The molecule has 0 saturated heterocycles. The first-order chi connectivity index (χ1) is 15.4. The Morgan fingerprint density at radius 3 is 2.31 bits per heavy atom. The molecule has 3 rings (SSSR count). The van der Waals surface area contributed by atoms with Crippen molar-refractivity contribution in [3.63, 3.8) is 0 Å². The minimum Gasteiger partial charge on any atom is -0.507 e. The number of carbonyl (C=O) groups is 3. The summed E-state index contributed by atoms with van der Waals surface area (Å²) in [4.78, 5) is 37.3. The number of benzene rings is 3. The van der Waals surface area contributed by atoms with E-state index >= 15 is 0 Å². The molecule has 7 heteroatoms. The molecule has 3 aromatic carbocycles. The van der Waals surface area contributed by atoms with Crippen LogP contribution in [0, 0.1) is 6.92 Å². The van der Waals surface area contributed by atoms with Gasteiger partial charge in [-0.15, -0.1) is 0 Å². The largest absolute Gasteiger partial charge is 0.507 e. The maximum atomic E-state index is 12.8. The summed E-state index contributed by atoms with van der Waals surface area (Å²) < 4.78 is 5.01. The van der Waals surface area contributed by atoms with Crippen LogP contribution in [0.25, 0.3) is 0 Å². The highest BCUT2D eigenvalue weighted by Gasteiger charge is 2.18. The average Bonchev–Trinajstić information content (AvgIpc) is 2.80. The van der Waals surface area contributed by atoms with Crippen LogP contribution in [-0.2, 0) is 9.53 Å². The molecule has 0 saturated carbocycles. The quantitative estimate of drug-likeness (QED) is 0.490. The monoisotopic (exact) mass is 432 g/mol. The molecule has 0 fully saturated rings. The number of esters is 1. The maximum Gasteiger partial charge on any atom is 0.342 e. The van der Waals surface area contributed by atoms with Gasteiger partial charge in [0.2, 0.25) is 0 Å². The van der Waals surface area contributed by atoms with Gasteiger partial charge in [0.25, 0.3) is 11.8 Å². The van der Waals surface area contributed by atoms with Gasteiger partial charge in [0.15, 0.2) is 6.61 Å².